The van der Waals surface area contributed by atoms with Crippen LogP contribution in [-0.2, 0) is 27.9 Å². The van der Waals surface area contributed by atoms with E-state index in [2.05, 4.69) is 26.1 Å². The lowest BCUT2D eigenvalue weighted by molar-refractivity contribution is -0.870. The Labute approximate surface area is 448 Å². The summed E-state index contributed by atoms with van der Waals surface area (Å²) in [5.41, 5.74) is 0. The molecule has 10 heteroatoms. The van der Waals surface area contributed by atoms with Crippen molar-refractivity contribution < 1.29 is 37.3 Å². The highest BCUT2D eigenvalue weighted by Gasteiger charge is 2.27. The fourth-order valence-corrected chi connectivity index (χ4v) is 10.3. The first-order chi connectivity index (χ1) is 34.9. The van der Waals surface area contributed by atoms with E-state index in [1.165, 1.54) is 231 Å². The molecule has 0 aromatic rings. The Balaban J connectivity index is 5.15. The van der Waals surface area contributed by atoms with Crippen molar-refractivity contribution in [1.29, 1.82) is 0 Å². The number of esters is 1. The first-order valence-electron chi connectivity index (χ1n) is 31.5. The maximum Gasteiger partial charge on any atom is 0.306 e. The molecule has 0 aliphatic rings. The Morgan fingerprint density at radius 1 is 0.472 bits per heavy atom. The maximum absolute atomic E-state index is 13.5. The van der Waals surface area contributed by atoms with Gasteiger partial charge in [0.1, 0.15) is 19.3 Å². The highest BCUT2D eigenvalue weighted by atomic mass is 31.2. The van der Waals surface area contributed by atoms with E-state index in [1.54, 1.807) is 0 Å². The van der Waals surface area contributed by atoms with Gasteiger partial charge in [0.15, 0.2) is 0 Å². The number of quaternary nitrogens is 1. The van der Waals surface area contributed by atoms with Gasteiger partial charge in [-0.15, -0.1) is 0 Å². The van der Waals surface area contributed by atoms with Gasteiger partial charge in [0.2, 0.25) is 5.91 Å². The van der Waals surface area contributed by atoms with Crippen molar-refractivity contribution in [3.05, 3.63) is 12.2 Å². The number of carbonyl (C=O) groups is 2. The highest BCUT2D eigenvalue weighted by molar-refractivity contribution is 7.45. The molecule has 1 amide bonds. The Bertz CT molecular complexity index is 1240. The molecular formula is C62H123N2O7P. The molecule has 0 saturated heterocycles. The van der Waals surface area contributed by atoms with Gasteiger partial charge in [-0.2, -0.15) is 0 Å². The molecule has 3 unspecified atom stereocenters. The number of hydrogen-bond acceptors (Lipinski definition) is 7. The van der Waals surface area contributed by atoms with Gasteiger partial charge < -0.3 is 28.5 Å². The van der Waals surface area contributed by atoms with Gasteiger partial charge >= 0.3 is 5.97 Å². The number of unbranched alkanes of at least 4 members (excludes halogenated alkanes) is 42. The lowest BCUT2D eigenvalue weighted by Gasteiger charge is -2.30. The van der Waals surface area contributed by atoms with Gasteiger partial charge in [-0.3, -0.25) is 14.2 Å². The standard InChI is InChI=1S/C62H123N2O7P/c1-7-10-13-16-19-22-25-27-29-31-32-33-35-37-40-43-46-49-52-55-62(66)71-60(53-50-47-44-41-38-24-21-18-15-12-9-3)59(58-70-72(67,68)69-57-56-64(4,5)6)63-61(65)54-51-48-45-42-39-36-34-30-28-26-23-20-17-14-11-8-2/h50,53,59-60H,7-49,51-52,54-58H2,1-6H3,(H-,63,65,67,68)/b53-50+. The SMILES string of the molecule is CCCCCCCCCCC/C=C/C(OC(=O)CCCCCCCCCCCCCCCCCCCCC)C(COP(=O)([O-])OCC[N+](C)(C)C)NC(=O)CCCCCCCCCCCCCCCCCC. The lowest BCUT2D eigenvalue weighted by Crippen LogP contribution is -2.47. The minimum absolute atomic E-state index is 0.0168. The van der Waals surface area contributed by atoms with Crippen LogP contribution in [-0.4, -0.2) is 69.4 Å². The van der Waals surface area contributed by atoms with Gasteiger partial charge in [0.25, 0.3) is 7.82 Å². The minimum Gasteiger partial charge on any atom is -0.756 e. The van der Waals surface area contributed by atoms with E-state index in [-0.39, 0.29) is 31.5 Å². The number of phosphoric ester groups is 1. The summed E-state index contributed by atoms with van der Waals surface area (Å²) in [6, 6.07) is -0.878. The Morgan fingerprint density at radius 3 is 1.14 bits per heavy atom. The molecule has 0 aromatic heterocycles. The van der Waals surface area contributed by atoms with Crippen LogP contribution in [0.5, 0.6) is 0 Å². The van der Waals surface area contributed by atoms with Crippen molar-refractivity contribution in [1.82, 2.24) is 5.32 Å². The number of likely N-dealkylation sites (N-methyl/N-ethyl adjacent to an activating group) is 1. The van der Waals surface area contributed by atoms with E-state index in [0.29, 0.717) is 17.4 Å². The molecule has 0 saturated carbocycles. The van der Waals surface area contributed by atoms with Crippen molar-refractivity contribution >= 4 is 19.7 Å². The number of hydrogen-bond donors (Lipinski definition) is 1. The Kier molecular flexibility index (Phi) is 52.2. The molecule has 0 aromatic carbocycles. The third-order valence-corrected chi connectivity index (χ3v) is 15.4. The maximum atomic E-state index is 13.5. The van der Waals surface area contributed by atoms with Crippen LogP contribution < -0.4 is 10.2 Å². The summed E-state index contributed by atoms with van der Waals surface area (Å²) >= 11 is 0. The molecule has 0 rings (SSSR count). The second-order valence-electron chi connectivity index (χ2n) is 22.9. The third kappa shape index (κ3) is 53.6. The van der Waals surface area contributed by atoms with Crippen LogP contribution in [0.1, 0.15) is 323 Å². The van der Waals surface area contributed by atoms with E-state index in [1.807, 2.05) is 33.3 Å². The van der Waals surface area contributed by atoms with Crippen LogP contribution in [0.4, 0.5) is 0 Å². The number of allylic oxidation sites excluding steroid dienone is 1. The van der Waals surface area contributed by atoms with Gasteiger partial charge in [0, 0.05) is 12.8 Å². The first kappa shape index (κ1) is 70.8. The van der Waals surface area contributed by atoms with Gasteiger partial charge in [-0.05, 0) is 31.8 Å². The summed E-state index contributed by atoms with van der Waals surface area (Å²) in [7, 11) is 1.21. The predicted octanol–water partition coefficient (Wildman–Crippen LogP) is 18.5. The molecule has 428 valence electrons. The molecule has 0 radical (unpaired) electrons. The predicted molar refractivity (Wildman–Crippen MR) is 307 cm³/mol. The summed E-state index contributed by atoms with van der Waals surface area (Å²) < 4.78 is 30.3. The molecule has 0 bridgehead atoms. The number of amides is 1. The normalized spacial score (nSPS) is 13.7. The zero-order valence-corrected chi connectivity index (χ0v) is 49.8. The van der Waals surface area contributed by atoms with E-state index in [9.17, 15) is 19.0 Å². The molecule has 0 heterocycles. The van der Waals surface area contributed by atoms with Crippen molar-refractivity contribution in [3.8, 4) is 0 Å². The molecule has 1 N–H and O–H groups in total. The van der Waals surface area contributed by atoms with Crippen LogP contribution in [0, 0.1) is 0 Å². The summed E-state index contributed by atoms with van der Waals surface area (Å²) in [5, 5.41) is 3.04. The summed E-state index contributed by atoms with van der Waals surface area (Å²) in [5.74, 6) is -0.519. The van der Waals surface area contributed by atoms with Crippen LogP contribution >= 0.6 is 7.82 Å². The Morgan fingerprint density at radius 2 is 0.792 bits per heavy atom. The van der Waals surface area contributed by atoms with Crippen molar-refractivity contribution in [2.75, 3.05) is 40.9 Å². The zero-order chi connectivity index (χ0) is 52.9. The van der Waals surface area contributed by atoms with E-state index in [0.717, 1.165) is 57.8 Å². The second kappa shape index (κ2) is 53.2. The average Bonchev–Trinajstić information content (AvgIpc) is 3.34. The monoisotopic (exact) mass is 1040 g/mol. The number of nitrogens with one attached hydrogen (secondary N) is 1. The third-order valence-electron chi connectivity index (χ3n) is 14.5. The van der Waals surface area contributed by atoms with E-state index >= 15 is 0 Å². The summed E-state index contributed by atoms with van der Waals surface area (Å²) in [6.07, 6.45) is 60.3. The average molecular weight is 1040 g/mol. The topological polar surface area (TPSA) is 114 Å². The highest BCUT2D eigenvalue weighted by Crippen LogP contribution is 2.38. The molecule has 72 heavy (non-hydrogen) atoms. The molecular weight excluding hydrogens is 916 g/mol. The van der Waals surface area contributed by atoms with Crippen molar-refractivity contribution in [2.24, 2.45) is 0 Å². The lowest BCUT2D eigenvalue weighted by atomic mass is 10.0. The van der Waals surface area contributed by atoms with Crippen LogP contribution in [0.15, 0.2) is 12.2 Å². The second-order valence-corrected chi connectivity index (χ2v) is 24.3. The molecule has 9 nitrogen and oxygen atoms in total. The zero-order valence-electron chi connectivity index (χ0n) is 48.9. The molecule has 0 aliphatic heterocycles. The van der Waals surface area contributed by atoms with Crippen LogP contribution in [0.2, 0.25) is 0 Å². The smallest absolute Gasteiger partial charge is 0.306 e. The van der Waals surface area contributed by atoms with Crippen LogP contribution in [0.25, 0.3) is 0 Å². The Hall–Kier alpha value is -1.25. The van der Waals surface area contributed by atoms with Crippen LogP contribution in [0.3, 0.4) is 0 Å². The van der Waals surface area contributed by atoms with E-state index < -0.39 is 20.0 Å². The van der Waals surface area contributed by atoms with E-state index in [4.69, 9.17) is 13.8 Å². The number of rotatable bonds is 58. The van der Waals surface area contributed by atoms with Gasteiger partial charge in [-0.1, -0.05) is 290 Å². The van der Waals surface area contributed by atoms with Gasteiger partial charge in [-0.25, -0.2) is 0 Å². The summed E-state index contributed by atoms with van der Waals surface area (Å²) in [6.45, 7) is 6.89. The van der Waals surface area contributed by atoms with Crippen molar-refractivity contribution in [3.63, 3.8) is 0 Å². The quantitative estimate of drug-likeness (QED) is 0.0212. The first-order valence-corrected chi connectivity index (χ1v) is 33.0. The largest absolute Gasteiger partial charge is 0.756 e. The molecule has 0 spiro atoms. The fourth-order valence-electron chi connectivity index (χ4n) is 9.58. The number of carbonyl (C=O) groups excluding carboxylic acids is 2. The number of nitrogens with zero attached hydrogens (tertiary/aromatic N) is 1. The number of phosphoric acid groups is 1. The van der Waals surface area contributed by atoms with Crippen molar-refractivity contribution in [2.45, 2.75) is 335 Å². The molecule has 0 aliphatic carbocycles. The minimum atomic E-state index is -4.69. The number of ether oxygens (including phenoxy) is 1. The fraction of sp³-hybridized carbons (Fsp3) is 0.935. The summed E-state index contributed by atoms with van der Waals surface area (Å²) in [4.78, 5) is 39.9. The van der Waals surface area contributed by atoms with Gasteiger partial charge in [0.05, 0.1) is 33.8 Å². The molecule has 3 atom stereocenters. The molecule has 0 fully saturated rings.